The van der Waals surface area contributed by atoms with Crippen molar-refractivity contribution in [2.75, 3.05) is 20.2 Å². The minimum absolute atomic E-state index is 0.0605. The first-order valence-corrected chi connectivity index (χ1v) is 14.0. The lowest BCUT2D eigenvalue weighted by Crippen LogP contribution is -2.42. The molecular weight excluding hydrogens is 470 g/mol. The normalized spacial score (nSPS) is 21.8. The second-order valence-corrected chi connectivity index (χ2v) is 11.9. The number of benzene rings is 2. The Morgan fingerprint density at radius 3 is 2.68 bits per heavy atom. The Hall–Kier alpha value is -2.49. The maximum absolute atomic E-state index is 13.6. The van der Waals surface area contributed by atoms with E-state index in [-0.39, 0.29) is 28.6 Å². The number of hydrogen-bond donors (Lipinski definition) is 0. The van der Waals surface area contributed by atoms with Gasteiger partial charge < -0.3 is 9.64 Å². The van der Waals surface area contributed by atoms with Crippen LogP contribution in [0.4, 0.5) is 0 Å². The van der Waals surface area contributed by atoms with Gasteiger partial charge in [0.15, 0.2) is 0 Å². The highest BCUT2D eigenvalue weighted by Crippen LogP contribution is 2.38. The third-order valence-corrected chi connectivity index (χ3v) is 10.0. The number of ether oxygens (including phenoxy) is 1. The number of hydrogen-bond acceptors (Lipinski definition) is 6. The smallest absolute Gasteiger partial charge is 0.254 e. The summed E-state index contributed by atoms with van der Waals surface area (Å²) in [5.41, 5.74) is 1.30. The van der Waals surface area contributed by atoms with Crippen LogP contribution in [0.1, 0.15) is 60.4 Å². The maximum atomic E-state index is 13.6. The molecule has 34 heavy (non-hydrogen) atoms. The van der Waals surface area contributed by atoms with E-state index in [4.69, 9.17) is 9.72 Å². The Labute approximate surface area is 204 Å². The van der Waals surface area contributed by atoms with E-state index in [9.17, 15) is 13.2 Å². The molecule has 1 amide bonds. The van der Waals surface area contributed by atoms with Crippen molar-refractivity contribution in [1.29, 1.82) is 0 Å². The molecule has 3 aromatic rings. The summed E-state index contributed by atoms with van der Waals surface area (Å²) in [7, 11) is -2.33. The molecule has 180 valence electrons. The molecule has 0 saturated carbocycles. The van der Waals surface area contributed by atoms with Gasteiger partial charge in [0.2, 0.25) is 10.0 Å². The summed E-state index contributed by atoms with van der Waals surface area (Å²) in [5.74, 6) is 0.0889. The van der Waals surface area contributed by atoms with E-state index < -0.39 is 10.0 Å². The zero-order chi connectivity index (χ0) is 23.9. The molecule has 2 saturated heterocycles. The summed E-state index contributed by atoms with van der Waals surface area (Å²) in [5, 5.41) is 0.926. The van der Waals surface area contributed by atoms with E-state index in [0.717, 1.165) is 47.3 Å². The molecule has 2 fully saturated rings. The van der Waals surface area contributed by atoms with Crippen molar-refractivity contribution < 1.29 is 17.9 Å². The maximum Gasteiger partial charge on any atom is 0.254 e. The highest BCUT2D eigenvalue weighted by atomic mass is 32.2. The van der Waals surface area contributed by atoms with Crippen LogP contribution in [0.3, 0.4) is 0 Å². The van der Waals surface area contributed by atoms with E-state index in [0.29, 0.717) is 18.7 Å². The van der Waals surface area contributed by atoms with E-state index in [2.05, 4.69) is 0 Å². The average molecular weight is 500 g/mol. The molecule has 9 heteroatoms. The first-order valence-electron chi connectivity index (χ1n) is 11.8. The number of piperidine rings is 1. The number of thiazole rings is 1. The van der Waals surface area contributed by atoms with Crippen molar-refractivity contribution in [2.24, 2.45) is 0 Å². The number of methoxy groups -OCH3 is 1. The van der Waals surface area contributed by atoms with Crippen LogP contribution in [0.15, 0.2) is 47.4 Å². The van der Waals surface area contributed by atoms with Gasteiger partial charge in [-0.3, -0.25) is 4.79 Å². The molecule has 2 aliphatic rings. The molecule has 1 aromatic heterocycles. The topological polar surface area (TPSA) is 79.8 Å². The summed E-state index contributed by atoms with van der Waals surface area (Å²) in [6, 6.07) is 12.5. The molecule has 2 aromatic carbocycles. The Morgan fingerprint density at radius 1 is 1.09 bits per heavy atom. The molecule has 0 bridgehead atoms. The van der Waals surface area contributed by atoms with Gasteiger partial charge in [-0.2, -0.15) is 4.31 Å². The third-order valence-electron chi connectivity index (χ3n) is 6.85. The molecule has 0 unspecified atom stereocenters. The number of rotatable bonds is 5. The Balaban J connectivity index is 1.48. The predicted molar refractivity (Wildman–Crippen MR) is 133 cm³/mol. The van der Waals surface area contributed by atoms with Crippen LogP contribution in [0, 0.1) is 0 Å². The monoisotopic (exact) mass is 499 g/mol. The van der Waals surface area contributed by atoms with Gasteiger partial charge in [0.1, 0.15) is 15.7 Å². The van der Waals surface area contributed by atoms with E-state index >= 15 is 0 Å². The molecular formula is C25H29N3O4S2. The quantitative estimate of drug-likeness (QED) is 0.502. The highest BCUT2D eigenvalue weighted by molar-refractivity contribution is 7.89. The number of carbonyl (C=O) groups is 1. The van der Waals surface area contributed by atoms with Gasteiger partial charge in [0.05, 0.1) is 23.4 Å². The summed E-state index contributed by atoms with van der Waals surface area (Å²) < 4.78 is 35.2. The number of likely N-dealkylation sites (tertiary alicyclic amines) is 1. The number of sulfonamides is 1. The van der Waals surface area contributed by atoms with Crippen LogP contribution in [-0.2, 0) is 10.0 Å². The third kappa shape index (κ3) is 4.10. The standard InChI is InChI=1S/C25H29N3O4S2/c1-17-8-5-6-15-28(17)34(30,31)23-16-18(12-13-21(23)32-2)25(29)27-14-7-10-20(27)24-26-19-9-3-4-11-22(19)33-24/h3-4,9,11-13,16-17,20H,5-8,10,14-15H2,1-2H3/t17-,20+/m0/s1. The van der Waals surface area contributed by atoms with Crippen LogP contribution in [0.2, 0.25) is 0 Å². The number of aromatic nitrogens is 1. The lowest BCUT2D eigenvalue weighted by atomic mass is 10.1. The molecule has 0 spiro atoms. The summed E-state index contributed by atoms with van der Waals surface area (Å²) in [6.07, 6.45) is 4.42. The van der Waals surface area contributed by atoms with Gasteiger partial charge in [-0.25, -0.2) is 13.4 Å². The second kappa shape index (κ2) is 9.28. The number of amides is 1. The molecule has 0 radical (unpaired) electrons. The van der Waals surface area contributed by atoms with Gasteiger partial charge >= 0.3 is 0 Å². The molecule has 2 atom stereocenters. The van der Waals surface area contributed by atoms with Crippen LogP contribution < -0.4 is 4.74 Å². The van der Waals surface area contributed by atoms with Crippen molar-refractivity contribution in [1.82, 2.24) is 14.2 Å². The van der Waals surface area contributed by atoms with Gasteiger partial charge in [-0.15, -0.1) is 11.3 Å². The number of para-hydroxylation sites is 1. The largest absolute Gasteiger partial charge is 0.495 e. The molecule has 2 aliphatic heterocycles. The van der Waals surface area contributed by atoms with Gasteiger partial charge in [-0.05, 0) is 62.9 Å². The fraction of sp³-hybridized carbons (Fsp3) is 0.440. The van der Waals surface area contributed by atoms with E-state index in [1.165, 1.54) is 13.2 Å². The van der Waals surface area contributed by atoms with Crippen molar-refractivity contribution in [3.63, 3.8) is 0 Å². The lowest BCUT2D eigenvalue weighted by molar-refractivity contribution is 0.0735. The highest BCUT2D eigenvalue weighted by Gasteiger charge is 2.36. The molecule has 5 rings (SSSR count). The van der Waals surface area contributed by atoms with Gasteiger partial charge in [0.25, 0.3) is 5.91 Å². The van der Waals surface area contributed by atoms with Crippen LogP contribution in [0.5, 0.6) is 5.75 Å². The SMILES string of the molecule is COc1ccc(C(=O)N2CCC[C@@H]2c2nc3ccccc3s2)cc1S(=O)(=O)N1CCCC[C@@H]1C. The van der Waals surface area contributed by atoms with E-state index in [1.54, 1.807) is 27.8 Å². The lowest BCUT2D eigenvalue weighted by Gasteiger charge is -2.32. The van der Waals surface area contributed by atoms with Crippen molar-refractivity contribution in [3.05, 3.63) is 53.0 Å². The first-order chi connectivity index (χ1) is 16.4. The average Bonchev–Trinajstić information content (AvgIpc) is 3.50. The van der Waals surface area contributed by atoms with Crippen molar-refractivity contribution >= 4 is 37.5 Å². The van der Waals surface area contributed by atoms with Crippen LogP contribution in [0.25, 0.3) is 10.2 Å². The molecule has 0 N–H and O–H groups in total. The summed E-state index contributed by atoms with van der Waals surface area (Å²) in [4.78, 5) is 20.3. The van der Waals surface area contributed by atoms with Crippen molar-refractivity contribution in [2.45, 2.75) is 56.0 Å². The minimum atomic E-state index is -3.79. The number of fused-ring (bicyclic) bond motifs is 1. The van der Waals surface area contributed by atoms with Gasteiger partial charge in [0, 0.05) is 24.7 Å². The number of nitrogens with zero attached hydrogens (tertiary/aromatic N) is 3. The van der Waals surface area contributed by atoms with Crippen LogP contribution >= 0.6 is 11.3 Å². The molecule has 0 aliphatic carbocycles. The fourth-order valence-electron chi connectivity index (χ4n) is 5.03. The Bertz CT molecular complexity index is 1290. The number of carbonyl (C=O) groups excluding carboxylic acids is 1. The molecule has 7 nitrogen and oxygen atoms in total. The summed E-state index contributed by atoms with van der Waals surface area (Å²) in [6.45, 7) is 3.04. The zero-order valence-electron chi connectivity index (χ0n) is 19.4. The second-order valence-electron chi connectivity index (χ2n) is 9.00. The summed E-state index contributed by atoms with van der Waals surface area (Å²) >= 11 is 1.62. The minimum Gasteiger partial charge on any atom is -0.495 e. The van der Waals surface area contributed by atoms with Gasteiger partial charge in [-0.1, -0.05) is 18.6 Å². The zero-order valence-corrected chi connectivity index (χ0v) is 21.1. The van der Waals surface area contributed by atoms with Crippen molar-refractivity contribution in [3.8, 4) is 5.75 Å². The van der Waals surface area contributed by atoms with Crippen LogP contribution in [-0.4, -0.2) is 54.8 Å². The Morgan fingerprint density at radius 2 is 1.91 bits per heavy atom. The Kier molecular flexibility index (Phi) is 6.35. The van der Waals surface area contributed by atoms with E-state index in [1.807, 2.05) is 36.1 Å². The predicted octanol–water partition coefficient (Wildman–Crippen LogP) is 4.85. The first kappa shape index (κ1) is 23.3. The fourth-order valence-corrected chi connectivity index (χ4v) is 8.03. The molecule has 3 heterocycles.